The largest absolute Gasteiger partial charge is 0.492 e. The molecular weight excluding hydrogens is 318 g/mol. The Bertz CT molecular complexity index is 957. The Morgan fingerprint density at radius 3 is 2.61 bits per heavy atom. The van der Waals surface area contributed by atoms with Crippen LogP contribution in [-0.4, -0.2) is 11.2 Å². The lowest BCUT2D eigenvalue weighted by molar-refractivity contribution is 0.287. The zero-order valence-corrected chi connectivity index (χ0v) is 13.2. The molecule has 0 bridgehead atoms. The van der Waals surface area contributed by atoms with E-state index in [1.165, 1.54) is 10.6 Å². The van der Waals surface area contributed by atoms with E-state index >= 15 is 0 Å². The molecule has 0 spiro atoms. The van der Waals surface area contributed by atoms with Crippen molar-refractivity contribution in [3.63, 3.8) is 0 Å². The van der Waals surface area contributed by atoms with Gasteiger partial charge in [0.25, 0.3) is 0 Å². The van der Waals surface area contributed by atoms with Crippen molar-refractivity contribution in [2.24, 2.45) is 0 Å². The Balaban J connectivity index is 1.86. The SMILES string of the molecule is Cc1ccc(OCCn2c(=O)oc(=O)c3cc(Cl)ccc32)cc1. The van der Waals surface area contributed by atoms with E-state index in [4.69, 9.17) is 20.8 Å². The summed E-state index contributed by atoms with van der Waals surface area (Å²) in [4.78, 5) is 23.7. The topological polar surface area (TPSA) is 61.4 Å². The van der Waals surface area contributed by atoms with E-state index in [2.05, 4.69) is 0 Å². The first kappa shape index (κ1) is 15.4. The minimum atomic E-state index is -0.711. The number of benzene rings is 2. The Morgan fingerprint density at radius 1 is 1.13 bits per heavy atom. The molecule has 118 valence electrons. The van der Waals surface area contributed by atoms with Gasteiger partial charge in [0.1, 0.15) is 12.4 Å². The molecule has 0 aliphatic heterocycles. The highest BCUT2D eigenvalue weighted by molar-refractivity contribution is 6.31. The van der Waals surface area contributed by atoms with E-state index in [1.54, 1.807) is 12.1 Å². The first-order valence-electron chi connectivity index (χ1n) is 7.07. The number of aryl methyl sites for hydroxylation is 1. The van der Waals surface area contributed by atoms with Crippen molar-refractivity contribution in [1.82, 2.24) is 4.57 Å². The van der Waals surface area contributed by atoms with E-state index in [0.717, 1.165) is 5.56 Å². The number of rotatable bonds is 4. The van der Waals surface area contributed by atoms with Gasteiger partial charge in [0.15, 0.2) is 0 Å². The van der Waals surface area contributed by atoms with E-state index < -0.39 is 11.4 Å². The molecule has 0 aliphatic carbocycles. The van der Waals surface area contributed by atoms with Gasteiger partial charge < -0.3 is 9.15 Å². The summed E-state index contributed by atoms with van der Waals surface area (Å²) >= 11 is 5.89. The van der Waals surface area contributed by atoms with E-state index in [9.17, 15) is 9.59 Å². The van der Waals surface area contributed by atoms with E-state index in [-0.39, 0.29) is 18.5 Å². The van der Waals surface area contributed by atoms with Crippen molar-refractivity contribution >= 4 is 22.5 Å². The Morgan fingerprint density at radius 2 is 1.87 bits per heavy atom. The molecule has 2 aromatic carbocycles. The highest BCUT2D eigenvalue weighted by Gasteiger charge is 2.10. The van der Waals surface area contributed by atoms with Crippen LogP contribution in [0.5, 0.6) is 5.75 Å². The summed E-state index contributed by atoms with van der Waals surface area (Å²) in [6, 6.07) is 12.4. The van der Waals surface area contributed by atoms with Crippen LogP contribution in [0, 0.1) is 6.92 Å². The second-order valence-electron chi connectivity index (χ2n) is 5.13. The second kappa shape index (κ2) is 6.30. The smallest absolute Gasteiger partial charge is 0.422 e. The number of fused-ring (bicyclic) bond motifs is 1. The Labute approximate surface area is 136 Å². The number of nitrogens with zero attached hydrogens (tertiary/aromatic N) is 1. The standard InChI is InChI=1S/C17H14ClNO4/c1-11-2-5-13(6-3-11)22-9-8-19-15-7-4-12(18)10-14(15)16(20)23-17(19)21/h2-7,10H,8-9H2,1H3. The first-order chi connectivity index (χ1) is 11.0. The van der Waals surface area contributed by atoms with Crippen LogP contribution in [-0.2, 0) is 6.54 Å². The fourth-order valence-electron chi connectivity index (χ4n) is 2.30. The van der Waals surface area contributed by atoms with Gasteiger partial charge in [-0.1, -0.05) is 29.3 Å². The van der Waals surface area contributed by atoms with Crippen LogP contribution in [0.1, 0.15) is 5.56 Å². The predicted octanol–water partition coefficient (Wildman–Crippen LogP) is 3.00. The maximum atomic E-state index is 11.9. The normalized spacial score (nSPS) is 10.9. The summed E-state index contributed by atoms with van der Waals surface area (Å²) in [6.45, 7) is 2.52. The number of aromatic nitrogens is 1. The average Bonchev–Trinajstić information content (AvgIpc) is 2.52. The number of ether oxygens (including phenoxy) is 1. The fourth-order valence-corrected chi connectivity index (χ4v) is 2.47. The quantitative estimate of drug-likeness (QED) is 0.737. The molecule has 0 atom stereocenters. The maximum absolute atomic E-state index is 11.9. The van der Waals surface area contributed by atoms with Gasteiger partial charge in [0.2, 0.25) is 0 Å². The molecule has 6 heteroatoms. The van der Waals surface area contributed by atoms with Gasteiger partial charge in [-0.2, -0.15) is 0 Å². The third-order valence-electron chi connectivity index (χ3n) is 3.47. The lowest BCUT2D eigenvalue weighted by Crippen LogP contribution is -2.27. The van der Waals surface area contributed by atoms with Gasteiger partial charge in [-0.15, -0.1) is 0 Å². The molecule has 3 aromatic rings. The molecule has 1 heterocycles. The van der Waals surface area contributed by atoms with Gasteiger partial charge in [0.05, 0.1) is 17.4 Å². The molecule has 0 saturated heterocycles. The maximum Gasteiger partial charge on any atom is 0.422 e. The zero-order valence-electron chi connectivity index (χ0n) is 12.4. The molecular formula is C17H14ClNO4. The molecule has 5 nitrogen and oxygen atoms in total. The lowest BCUT2D eigenvalue weighted by atomic mass is 10.2. The summed E-state index contributed by atoms with van der Waals surface area (Å²) in [7, 11) is 0. The van der Waals surface area contributed by atoms with Crippen molar-refractivity contribution in [2.45, 2.75) is 13.5 Å². The number of halogens is 1. The van der Waals surface area contributed by atoms with Crippen molar-refractivity contribution in [2.75, 3.05) is 6.61 Å². The molecule has 0 fully saturated rings. The molecule has 0 unspecified atom stereocenters. The second-order valence-corrected chi connectivity index (χ2v) is 5.57. The number of hydrogen-bond donors (Lipinski definition) is 0. The molecule has 3 rings (SSSR count). The van der Waals surface area contributed by atoms with Gasteiger partial charge >= 0.3 is 11.4 Å². The molecule has 0 amide bonds. The summed E-state index contributed by atoms with van der Waals surface area (Å²) in [5.74, 6) is 0.00529. The van der Waals surface area contributed by atoms with Gasteiger partial charge in [-0.3, -0.25) is 4.57 Å². The van der Waals surface area contributed by atoms with Crippen molar-refractivity contribution in [3.05, 3.63) is 74.0 Å². The van der Waals surface area contributed by atoms with Crippen LogP contribution >= 0.6 is 11.6 Å². The summed E-state index contributed by atoms with van der Waals surface area (Å²) < 4.78 is 11.7. The molecule has 0 N–H and O–H groups in total. The highest BCUT2D eigenvalue weighted by atomic mass is 35.5. The predicted molar refractivity (Wildman–Crippen MR) is 88.4 cm³/mol. The summed E-state index contributed by atoms with van der Waals surface area (Å²) in [5, 5.41) is 0.679. The van der Waals surface area contributed by atoms with Crippen molar-refractivity contribution in [3.8, 4) is 5.75 Å². The van der Waals surface area contributed by atoms with Gasteiger partial charge in [0, 0.05) is 5.02 Å². The minimum Gasteiger partial charge on any atom is -0.492 e. The first-order valence-corrected chi connectivity index (χ1v) is 7.45. The fraction of sp³-hybridized carbons (Fsp3) is 0.176. The van der Waals surface area contributed by atoms with E-state index in [1.807, 2.05) is 31.2 Å². The Kier molecular flexibility index (Phi) is 4.21. The zero-order chi connectivity index (χ0) is 16.4. The third-order valence-corrected chi connectivity index (χ3v) is 3.71. The number of hydrogen-bond acceptors (Lipinski definition) is 4. The van der Waals surface area contributed by atoms with Crippen LogP contribution < -0.4 is 16.1 Å². The van der Waals surface area contributed by atoms with Gasteiger partial charge in [-0.25, -0.2) is 9.59 Å². The molecule has 0 aliphatic rings. The molecule has 23 heavy (non-hydrogen) atoms. The minimum absolute atomic E-state index is 0.259. The van der Waals surface area contributed by atoms with Crippen molar-refractivity contribution in [1.29, 1.82) is 0 Å². The van der Waals surface area contributed by atoms with Crippen LogP contribution in [0.2, 0.25) is 5.02 Å². The van der Waals surface area contributed by atoms with Crippen LogP contribution in [0.25, 0.3) is 10.9 Å². The summed E-state index contributed by atoms with van der Waals surface area (Å²) in [5.41, 5.74) is 0.924. The third kappa shape index (κ3) is 3.29. The van der Waals surface area contributed by atoms with Crippen LogP contribution in [0.15, 0.2) is 56.5 Å². The molecule has 1 aromatic heterocycles. The molecule has 0 radical (unpaired) electrons. The summed E-state index contributed by atoms with van der Waals surface area (Å²) in [6.07, 6.45) is 0. The lowest BCUT2D eigenvalue weighted by Gasteiger charge is -2.10. The Hall–Kier alpha value is -2.53. The molecule has 0 saturated carbocycles. The van der Waals surface area contributed by atoms with E-state index in [0.29, 0.717) is 16.3 Å². The van der Waals surface area contributed by atoms with Crippen LogP contribution in [0.4, 0.5) is 0 Å². The average molecular weight is 332 g/mol. The van der Waals surface area contributed by atoms with Gasteiger partial charge in [-0.05, 0) is 37.3 Å². The monoisotopic (exact) mass is 331 g/mol. The highest BCUT2D eigenvalue weighted by Crippen LogP contribution is 2.16. The van der Waals surface area contributed by atoms with Crippen LogP contribution in [0.3, 0.4) is 0 Å². The van der Waals surface area contributed by atoms with Crippen molar-refractivity contribution < 1.29 is 9.15 Å².